The Morgan fingerprint density at radius 3 is 2.54 bits per heavy atom. The van der Waals surface area contributed by atoms with Crippen LogP contribution in [0.3, 0.4) is 0 Å². The van der Waals surface area contributed by atoms with Crippen molar-refractivity contribution in [1.82, 2.24) is 15.0 Å². The lowest BCUT2D eigenvalue weighted by Crippen LogP contribution is -2.54. The second kappa shape index (κ2) is 9.93. The number of benzene rings is 1. The van der Waals surface area contributed by atoms with Crippen molar-refractivity contribution < 1.29 is 24.0 Å². The van der Waals surface area contributed by atoms with Gasteiger partial charge in [0.1, 0.15) is 11.3 Å². The van der Waals surface area contributed by atoms with Crippen LogP contribution in [-0.2, 0) is 10.2 Å². The molecule has 198 valence electrons. The van der Waals surface area contributed by atoms with Crippen molar-refractivity contribution in [3.8, 4) is 5.75 Å². The van der Waals surface area contributed by atoms with E-state index in [1.807, 2.05) is 37.4 Å². The SMILES string of the molecule is COc1cc(C(=O)N2[C@@H](c3cccs3)C(c3nc(C)no3)C[C@@]2(CC(C)C)C(=O)O)ccc1C(C)(C)C. The molecule has 3 heterocycles. The Hall–Kier alpha value is -3.20. The number of thiophene rings is 1. The van der Waals surface area contributed by atoms with Gasteiger partial charge in [-0.3, -0.25) is 4.79 Å². The summed E-state index contributed by atoms with van der Waals surface area (Å²) in [5.74, 6) is -0.421. The van der Waals surface area contributed by atoms with E-state index >= 15 is 0 Å². The van der Waals surface area contributed by atoms with Gasteiger partial charge in [-0.05, 0) is 60.2 Å². The maximum atomic E-state index is 14.4. The Morgan fingerprint density at radius 1 is 1.30 bits per heavy atom. The summed E-state index contributed by atoms with van der Waals surface area (Å²) in [7, 11) is 1.58. The fourth-order valence-electron chi connectivity index (χ4n) is 5.53. The number of aliphatic carboxylic acids is 1. The van der Waals surface area contributed by atoms with Gasteiger partial charge in [0.15, 0.2) is 5.82 Å². The number of carbonyl (C=O) groups is 2. The van der Waals surface area contributed by atoms with Crippen LogP contribution in [0.1, 0.15) is 91.9 Å². The summed E-state index contributed by atoms with van der Waals surface area (Å²) < 4.78 is 11.2. The summed E-state index contributed by atoms with van der Waals surface area (Å²) in [5.41, 5.74) is -0.302. The number of hydrogen-bond acceptors (Lipinski definition) is 7. The number of rotatable bonds is 7. The first kappa shape index (κ1) is 26.9. The summed E-state index contributed by atoms with van der Waals surface area (Å²) in [4.78, 5) is 34.4. The Kier molecular flexibility index (Phi) is 7.21. The van der Waals surface area contributed by atoms with Gasteiger partial charge < -0.3 is 19.3 Å². The van der Waals surface area contributed by atoms with Crippen molar-refractivity contribution in [3.05, 3.63) is 63.4 Å². The molecule has 0 aliphatic carbocycles. The summed E-state index contributed by atoms with van der Waals surface area (Å²) in [6.45, 7) is 11.9. The summed E-state index contributed by atoms with van der Waals surface area (Å²) in [6, 6.07) is 8.65. The van der Waals surface area contributed by atoms with Crippen molar-refractivity contribution in [3.63, 3.8) is 0 Å². The van der Waals surface area contributed by atoms with Crippen LogP contribution in [-0.4, -0.2) is 44.7 Å². The van der Waals surface area contributed by atoms with E-state index in [4.69, 9.17) is 9.26 Å². The number of carboxylic acids is 1. The second-order valence-electron chi connectivity index (χ2n) is 11.2. The minimum atomic E-state index is -1.46. The molecule has 3 atom stereocenters. The standard InChI is InChI=1S/C28H35N3O5S/c1-16(2)14-28(26(33)34)15-19(24-29-17(3)30-36-24)23(22-9-8-12-37-22)31(28)25(32)18-10-11-20(27(4,5)6)21(13-18)35-7/h8-13,16,19,23H,14-15H2,1-7H3,(H,33,34)/t19?,23-,28+/m1/s1. The van der Waals surface area contributed by atoms with Crippen LogP contribution in [0.15, 0.2) is 40.2 Å². The van der Waals surface area contributed by atoms with E-state index < -0.39 is 23.5 Å². The van der Waals surface area contributed by atoms with E-state index in [9.17, 15) is 14.7 Å². The number of amides is 1. The zero-order valence-corrected chi connectivity index (χ0v) is 23.3. The fraction of sp³-hybridized carbons (Fsp3) is 0.500. The molecule has 1 amide bonds. The van der Waals surface area contributed by atoms with Crippen LogP contribution in [0.5, 0.6) is 5.75 Å². The highest BCUT2D eigenvalue weighted by atomic mass is 32.1. The third-order valence-electron chi connectivity index (χ3n) is 6.99. The van der Waals surface area contributed by atoms with Crippen molar-refractivity contribution in [1.29, 1.82) is 0 Å². The first-order valence-electron chi connectivity index (χ1n) is 12.5. The van der Waals surface area contributed by atoms with Crippen molar-refractivity contribution in [2.24, 2.45) is 5.92 Å². The lowest BCUT2D eigenvalue weighted by atomic mass is 9.83. The molecular formula is C28H35N3O5S. The molecule has 8 nitrogen and oxygen atoms in total. The highest BCUT2D eigenvalue weighted by Crippen LogP contribution is 2.55. The molecule has 1 N–H and O–H groups in total. The van der Waals surface area contributed by atoms with Crippen LogP contribution in [0, 0.1) is 12.8 Å². The van der Waals surface area contributed by atoms with Gasteiger partial charge in [-0.1, -0.05) is 51.9 Å². The predicted octanol–water partition coefficient (Wildman–Crippen LogP) is 5.99. The quantitative estimate of drug-likeness (QED) is 0.404. The van der Waals surface area contributed by atoms with E-state index in [-0.39, 0.29) is 30.1 Å². The molecule has 1 unspecified atom stereocenters. The zero-order chi connectivity index (χ0) is 27.1. The molecule has 0 radical (unpaired) electrons. The van der Waals surface area contributed by atoms with Gasteiger partial charge in [-0.2, -0.15) is 4.98 Å². The molecule has 1 aliphatic heterocycles. The predicted molar refractivity (Wildman–Crippen MR) is 141 cm³/mol. The molecule has 0 spiro atoms. The molecule has 1 aliphatic rings. The number of hydrogen-bond donors (Lipinski definition) is 1. The molecule has 3 aromatic rings. The number of aryl methyl sites for hydroxylation is 1. The summed E-state index contributed by atoms with van der Waals surface area (Å²) in [5, 5.41) is 16.6. The normalized spacial score (nSPS) is 22.0. The van der Waals surface area contributed by atoms with Gasteiger partial charge in [-0.15, -0.1) is 11.3 Å². The van der Waals surface area contributed by atoms with E-state index in [0.717, 1.165) is 10.4 Å². The molecule has 9 heteroatoms. The van der Waals surface area contributed by atoms with Crippen molar-refractivity contribution >= 4 is 23.2 Å². The first-order chi connectivity index (χ1) is 17.4. The van der Waals surface area contributed by atoms with Gasteiger partial charge in [0.25, 0.3) is 5.91 Å². The number of carboxylic acid groups (broad SMARTS) is 1. The van der Waals surface area contributed by atoms with Crippen LogP contribution in [0.2, 0.25) is 0 Å². The molecule has 1 saturated heterocycles. The summed E-state index contributed by atoms with van der Waals surface area (Å²) >= 11 is 1.49. The maximum Gasteiger partial charge on any atom is 0.329 e. The number of aromatic nitrogens is 2. The van der Waals surface area contributed by atoms with Gasteiger partial charge >= 0.3 is 5.97 Å². The smallest absolute Gasteiger partial charge is 0.329 e. The molecule has 1 fully saturated rings. The van der Waals surface area contributed by atoms with Crippen LogP contribution >= 0.6 is 11.3 Å². The van der Waals surface area contributed by atoms with E-state index in [1.54, 1.807) is 31.1 Å². The highest BCUT2D eigenvalue weighted by molar-refractivity contribution is 7.10. The zero-order valence-electron chi connectivity index (χ0n) is 22.4. The summed E-state index contributed by atoms with van der Waals surface area (Å²) in [6.07, 6.45) is 0.463. The molecule has 4 rings (SSSR count). The maximum absolute atomic E-state index is 14.4. The van der Waals surface area contributed by atoms with Crippen LogP contribution < -0.4 is 4.74 Å². The fourth-order valence-corrected chi connectivity index (χ4v) is 6.41. The van der Waals surface area contributed by atoms with Crippen molar-refractivity contribution in [2.75, 3.05) is 7.11 Å². The molecule has 0 bridgehead atoms. The number of ether oxygens (including phenoxy) is 1. The van der Waals surface area contributed by atoms with Gasteiger partial charge in [0, 0.05) is 10.4 Å². The highest BCUT2D eigenvalue weighted by Gasteiger charge is 2.60. The minimum Gasteiger partial charge on any atom is -0.496 e. The Bertz CT molecular complexity index is 1280. The largest absolute Gasteiger partial charge is 0.496 e. The number of carbonyl (C=O) groups excluding carboxylic acids is 1. The second-order valence-corrected chi connectivity index (χ2v) is 12.2. The topological polar surface area (TPSA) is 106 Å². The average molecular weight is 526 g/mol. The van der Waals surface area contributed by atoms with E-state index in [2.05, 4.69) is 30.9 Å². The molecule has 2 aromatic heterocycles. The van der Waals surface area contributed by atoms with Gasteiger partial charge in [-0.25, -0.2) is 4.79 Å². The van der Waals surface area contributed by atoms with Gasteiger partial charge in [0.05, 0.1) is 19.1 Å². The average Bonchev–Trinajstić information content (AvgIpc) is 3.56. The van der Waals surface area contributed by atoms with E-state index in [0.29, 0.717) is 23.0 Å². The number of methoxy groups -OCH3 is 1. The molecule has 37 heavy (non-hydrogen) atoms. The minimum absolute atomic E-state index is 0.0244. The van der Waals surface area contributed by atoms with Crippen LogP contribution in [0.25, 0.3) is 0 Å². The molecule has 0 saturated carbocycles. The number of likely N-dealkylation sites (tertiary alicyclic amines) is 1. The lowest BCUT2D eigenvalue weighted by molar-refractivity contribution is -0.150. The third-order valence-corrected chi connectivity index (χ3v) is 7.94. The lowest BCUT2D eigenvalue weighted by Gasteiger charge is -2.39. The van der Waals surface area contributed by atoms with Crippen LogP contribution in [0.4, 0.5) is 0 Å². The first-order valence-corrected chi connectivity index (χ1v) is 13.4. The van der Waals surface area contributed by atoms with Gasteiger partial charge in [0.2, 0.25) is 5.89 Å². The molecular weight excluding hydrogens is 490 g/mol. The Morgan fingerprint density at radius 2 is 2.03 bits per heavy atom. The van der Waals surface area contributed by atoms with Crippen molar-refractivity contribution in [2.45, 2.75) is 77.3 Å². The molecule has 1 aromatic carbocycles. The van der Waals surface area contributed by atoms with E-state index in [1.165, 1.54) is 11.3 Å². The number of nitrogens with zero attached hydrogens (tertiary/aromatic N) is 3. The Labute approximate surface area is 221 Å². The Balaban J connectivity index is 1.92. The monoisotopic (exact) mass is 525 g/mol. The third kappa shape index (κ3) is 4.89.